The number of alkyl halides is 3. The summed E-state index contributed by atoms with van der Waals surface area (Å²) in [6.07, 6.45) is -3.34. The van der Waals surface area contributed by atoms with Gasteiger partial charge >= 0.3 is 6.18 Å². The Hall–Kier alpha value is -2.32. The summed E-state index contributed by atoms with van der Waals surface area (Å²) in [5.74, 6) is -0.982. The summed E-state index contributed by atoms with van der Waals surface area (Å²) in [5, 5.41) is 2.76. The molecule has 0 aliphatic carbocycles. The SMILES string of the molecule is CCN(CC(=O)NC(C)(C)C)C(=O)c1ccc(OCC(F)(F)F)nc1. The van der Waals surface area contributed by atoms with Gasteiger partial charge in [0.2, 0.25) is 11.8 Å². The molecule has 0 bridgehead atoms. The van der Waals surface area contributed by atoms with Gasteiger partial charge in [-0.3, -0.25) is 9.59 Å². The molecule has 9 heteroatoms. The van der Waals surface area contributed by atoms with E-state index in [9.17, 15) is 22.8 Å². The van der Waals surface area contributed by atoms with Gasteiger partial charge in [-0.1, -0.05) is 0 Å². The number of halogens is 3. The first-order valence-corrected chi connectivity index (χ1v) is 7.67. The third-order valence-electron chi connectivity index (χ3n) is 2.88. The van der Waals surface area contributed by atoms with Crippen molar-refractivity contribution >= 4 is 11.8 Å². The molecule has 0 radical (unpaired) electrons. The van der Waals surface area contributed by atoms with Crippen LogP contribution < -0.4 is 10.1 Å². The Bertz CT molecular complexity index is 595. The largest absolute Gasteiger partial charge is 0.468 e. The highest BCUT2D eigenvalue weighted by Gasteiger charge is 2.28. The Balaban J connectivity index is 2.71. The zero-order valence-corrected chi connectivity index (χ0v) is 14.6. The molecule has 0 saturated carbocycles. The Labute approximate surface area is 144 Å². The minimum absolute atomic E-state index is 0.126. The van der Waals surface area contributed by atoms with Crippen LogP contribution in [-0.2, 0) is 4.79 Å². The third-order valence-corrected chi connectivity index (χ3v) is 2.88. The van der Waals surface area contributed by atoms with Crippen molar-refractivity contribution < 1.29 is 27.5 Å². The fourth-order valence-electron chi connectivity index (χ4n) is 1.89. The van der Waals surface area contributed by atoms with E-state index in [1.165, 1.54) is 17.0 Å². The van der Waals surface area contributed by atoms with Crippen LogP contribution in [0, 0.1) is 0 Å². The average molecular weight is 361 g/mol. The molecule has 2 amide bonds. The number of nitrogens with zero attached hydrogens (tertiary/aromatic N) is 2. The lowest BCUT2D eigenvalue weighted by molar-refractivity contribution is -0.154. The number of ether oxygens (including phenoxy) is 1. The molecule has 25 heavy (non-hydrogen) atoms. The summed E-state index contributed by atoms with van der Waals surface area (Å²) < 4.78 is 40.7. The molecule has 0 aliphatic heterocycles. The topological polar surface area (TPSA) is 71.5 Å². The van der Waals surface area contributed by atoms with Crippen LogP contribution in [0.3, 0.4) is 0 Å². The maximum Gasteiger partial charge on any atom is 0.422 e. The summed E-state index contributed by atoms with van der Waals surface area (Å²) in [7, 11) is 0. The van der Waals surface area contributed by atoms with Gasteiger partial charge in [0.25, 0.3) is 5.91 Å². The van der Waals surface area contributed by atoms with Gasteiger partial charge < -0.3 is 15.0 Å². The van der Waals surface area contributed by atoms with Gasteiger partial charge in [0.15, 0.2) is 6.61 Å². The number of carbonyl (C=O) groups excluding carboxylic acids is 2. The molecule has 1 aromatic heterocycles. The van der Waals surface area contributed by atoms with Crippen molar-refractivity contribution in [3.8, 4) is 5.88 Å². The van der Waals surface area contributed by atoms with Gasteiger partial charge in [-0.25, -0.2) is 4.98 Å². The summed E-state index contributed by atoms with van der Waals surface area (Å²) in [6, 6.07) is 2.49. The lowest BCUT2D eigenvalue weighted by Crippen LogP contribution is -2.47. The fourth-order valence-corrected chi connectivity index (χ4v) is 1.89. The van der Waals surface area contributed by atoms with E-state index in [1.54, 1.807) is 6.92 Å². The maximum absolute atomic E-state index is 12.4. The first-order valence-electron chi connectivity index (χ1n) is 7.67. The van der Waals surface area contributed by atoms with E-state index in [1.807, 2.05) is 20.8 Å². The van der Waals surface area contributed by atoms with E-state index in [2.05, 4.69) is 15.0 Å². The van der Waals surface area contributed by atoms with Gasteiger partial charge in [-0.2, -0.15) is 13.2 Å². The molecule has 0 fully saturated rings. The Morgan fingerprint density at radius 3 is 2.32 bits per heavy atom. The third kappa shape index (κ3) is 7.86. The highest BCUT2D eigenvalue weighted by molar-refractivity contribution is 5.96. The Morgan fingerprint density at radius 1 is 1.24 bits per heavy atom. The average Bonchev–Trinajstić information content (AvgIpc) is 2.48. The highest BCUT2D eigenvalue weighted by Crippen LogP contribution is 2.17. The molecule has 140 valence electrons. The van der Waals surface area contributed by atoms with E-state index in [0.29, 0.717) is 6.54 Å². The van der Waals surface area contributed by atoms with Crippen LogP contribution in [0.25, 0.3) is 0 Å². The molecular weight excluding hydrogens is 339 g/mol. The summed E-state index contributed by atoms with van der Waals surface area (Å²) in [6.45, 7) is 5.91. The zero-order valence-electron chi connectivity index (χ0n) is 14.6. The van der Waals surface area contributed by atoms with Gasteiger partial charge in [-0.05, 0) is 33.8 Å². The van der Waals surface area contributed by atoms with Crippen molar-refractivity contribution in [2.24, 2.45) is 0 Å². The molecule has 0 spiro atoms. The lowest BCUT2D eigenvalue weighted by atomic mass is 10.1. The number of rotatable bonds is 6. The standard InChI is InChI=1S/C16H22F3N3O3/c1-5-22(9-12(23)21-15(2,3)4)14(24)11-6-7-13(20-8-11)25-10-16(17,18)19/h6-8H,5,9-10H2,1-4H3,(H,21,23). The highest BCUT2D eigenvalue weighted by atomic mass is 19.4. The number of aromatic nitrogens is 1. The number of nitrogens with one attached hydrogen (secondary N) is 1. The Kier molecular flexibility index (Phi) is 6.78. The predicted octanol–water partition coefficient (Wildman–Crippen LogP) is 2.40. The van der Waals surface area contributed by atoms with Crippen LogP contribution in [0.15, 0.2) is 18.3 Å². The first-order chi connectivity index (χ1) is 11.4. The quantitative estimate of drug-likeness (QED) is 0.845. The first kappa shape index (κ1) is 20.7. The number of pyridine rings is 1. The summed E-state index contributed by atoms with van der Waals surface area (Å²) in [5.41, 5.74) is -0.261. The summed E-state index contributed by atoms with van der Waals surface area (Å²) >= 11 is 0. The van der Waals surface area contributed by atoms with E-state index >= 15 is 0 Å². The van der Waals surface area contributed by atoms with Crippen molar-refractivity contribution in [1.82, 2.24) is 15.2 Å². The van der Waals surface area contributed by atoms with Crippen molar-refractivity contribution in [2.75, 3.05) is 19.7 Å². The second-order valence-electron chi connectivity index (χ2n) is 6.41. The van der Waals surface area contributed by atoms with E-state index in [4.69, 9.17) is 0 Å². The molecule has 0 atom stereocenters. The summed E-state index contributed by atoms with van der Waals surface area (Å²) in [4.78, 5) is 29.3. The van der Waals surface area contributed by atoms with Crippen LogP contribution >= 0.6 is 0 Å². The van der Waals surface area contributed by atoms with Crippen molar-refractivity contribution in [1.29, 1.82) is 0 Å². The minimum atomic E-state index is -4.46. The molecular formula is C16H22F3N3O3. The molecule has 1 aromatic rings. The van der Waals surface area contributed by atoms with Gasteiger partial charge in [0, 0.05) is 24.3 Å². The Morgan fingerprint density at radius 2 is 1.88 bits per heavy atom. The van der Waals surface area contributed by atoms with Gasteiger partial charge in [0.1, 0.15) is 0 Å². The van der Waals surface area contributed by atoms with Crippen LogP contribution in [-0.4, -0.2) is 53.1 Å². The van der Waals surface area contributed by atoms with Gasteiger partial charge in [-0.15, -0.1) is 0 Å². The monoisotopic (exact) mass is 361 g/mol. The molecule has 1 rings (SSSR count). The zero-order chi connectivity index (χ0) is 19.3. The van der Waals surface area contributed by atoms with E-state index in [-0.39, 0.29) is 23.9 Å². The molecule has 1 heterocycles. The second-order valence-corrected chi connectivity index (χ2v) is 6.41. The molecule has 0 saturated heterocycles. The van der Waals surface area contributed by atoms with Crippen molar-refractivity contribution in [3.05, 3.63) is 23.9 Å². The molecule has 6 nitrogen and oxygen atoms in total. The lowest BCUT2D eigenvalue weighted by Gasteiger charge is -2.25. The minimum Gasteiger partial charge on any atom is -0.468 e. The van der Waals surface area contributed by atoms with Crippen molar-refractivity contribution in [2.45, 2.75) is 39.4 Å². The van der Waals surface area contributed by atoms with Crippen LogP contribution in [0.5, 0.6) is 5.88 Å². The number of hydrogen-bond donors (Lipinski definition) is 1. The molecule has 1 N–H and O–H groups in total. The van der Waals surface area contributed by atoms with Crippen LogP contribution in [0.1, 0.15) is 38.1 Å². The number of likely N-dealkylation sites (N-methyl/N-ethyl adjacent to an activating group) is 1. The van der Waals surface area contributed by atoms with Crippen molar-refractivity contribution in [3.63, 3.8) is 0 Å². The number of carbonyl (C=O) groups is 2. The van der Waals surface area contributed by atoms with Gasteiger partial charge in [0.05, 0.1) is 12.1 Å². The molecule has 0 unspecified atom stereocenters. The maximum atomic E-state index is 12.4. The fraction of sp³-hybridized carbons (Fsp3) is 0.562. The predicted molar refractivity (Wildman–Crippen MR) is 85.3 cm³/mol. The second kappa shape index (κ2) is 8.17. The normalized spacial score (nSPS) is 11.8. The number of amides is 2. The van der Waals surface area contributed by atoms with Crippen LogP contribution in [0.2, 0.25) is 0 Å². The van der Waals surface area contributed by atoms with Crippen LogP contribution in [0.4, 0.5) is 13.2 Å². The van der Waals surface area contributed by atoms with E-state index < -0.39 is 24.2 Å². The van der Waals surface area contributed by atoms with E-state index in [0.717, 1.165) is 6.20 Å². The molecule has 0 aromatic carbocycles. The number of hydrogen-bond acceptors (Lipinski definition) is 4. The smallest absolute Gasteiger partial charge is 0.422 e. The molecule has 0 aliphatic rings.